The summed E-state index contributed by atoms with van der Waals surface area (Å²) in [5.74, 6) is -0.204. The number of ether oxygens (including phenoxy) is 1. The average molecular weight is 354 g/mol. The van der Waals surface area contributed by atoms with Gasteiger partial charge in [-0.25, -0.2) is 0 Å². The Bertz CT molecular complexity index is 999. The largest absolute Gasteiger partial charge is 0.383 e. The molecule has 1 aromatic heterocycles. The number of rotatable bonds is 4. The lowest BCUT2D eigenvalue weighted by molar-refractivity contribution is 0.0997. The minimum atomic E-state index is -0.204. The third-order valence-corrected chi connectivity index (χ3v) is 5.43. The van der Waals surface area contributed by atoms with Gasteiger partial charge < -0.3 is 9.30 Å². The number of amides is 1. The van der Waals surface area contributed by atoms with Crippen molar-refractivity contribution in [2.75, 3.05) is 13.7 Å². The van der Waals surface area contributed by atoms with Crippen molar-refractivity contribution >= 4 is 27.5 Å². The van der Waals surface area contributed by atoms with E-state index < -0.39 is 0 Å². The second kappa shape index (κ2) is 7.33. The van der Waals surface area contributed by atoms with E-state index in [1.807, 2.05) is 31.2 Å². The summed E-state index contributed by atoms with van der Waals surface area (Å²) in [4.78, 5) is 17.8. The van der Waals surface area contributed by atoms with E-state index in [1.165, 1.54) is 11.1 Å². The van der Waals surface area contributed by atoms with Gasteiger partial charge in [0.25, 0.3) is 5.91 Å². The number of methoxy groups -OCH3 is 1. The lowest BCUT2D eigenvalue weighted by atomic mass is 10.1. The van der Waals surface area contributed by atoms with Crippen LogP contribution >= 0.6 is 11.3 Å². The van der Waals surface area contributed by atoms with Gasteiger partial charge >= 0.3 is 0 Å². The monoisotopic (exact) mass is 354 g/mol. The normalized spacial score (nSPS) is 12.1. The number of hydrogen-bond donors (Lipinski definition) is 0. The van der Waals surface area contributed by atoms with Crippen molar-refractivity contribution in [3.8, 4) is 0 Å². The van der Waals surface area contributed by atoms with Gasteiger partial charge in [-0.05, 0) is 55.7 Å². The molecule has 4 nitrogen and oxygen atoms in total. The van der Waals surface area contributed by atoms with E-state index in [0.29, 0.717) is 23.5 Å². The molecular weight excluding hydrogens is 332 g/mol. The van der Waals surface area contributed by atoms with Crippen LogP contribution in [0.4, 0.5) is 0 Å². The summed E-state index contributed by atoms with van der Waals surface area (Å²) in [6.45, 7) is 7.37. The summed E-state index contributed by atoms with van der Waals surface area (Å²) >= 11 is 1.55. The number of hydrogen-bond acceptors (Lipinski definition) is 3. The van der Waals surface area contributed by atoms with Crippen LogP contribution in [0.1, 0.15) is 27.0 Å². The van der Waals surface area contributed by atoms with Crippen LogP contribution in [-0.2, 0) is 11.3 Å². The number of carbonyl (C=O) groups excluding carboxylic acids is 1. The number of benzene rings is 2. The second-order valence-electron chi connectivity index (χ2n) is 6.17. The molecule has 0 atom stereocenters. The van der Waals surface area contributed by atoms with Crippen molar-refractivity contribution in [3.63, 3.8) is 0 Å². The minimum Gasteiger partial charge on any atom is -0.383 e. The first-order chi connectivity index (χ1) is 12.0. The quantitative estimate of drug-likeness (QED) is 0.710. The molecule has 0 saturated heterocycles. The third-order valence-electron chi connectivity index (χ3n) is 4.39. The Kier molecular flexibility index (Phi) is 5.16. The van der Waals surface area contributed by atoms with Crippen molar-refractivity contribution in [1.82, 2.24) is 4.57 Å². The maximum absolute atomic E-state index is 12.7. The Balaban J connectivity index is 2.17. The third kappa shape index (κ3) is 3.57. The van der Waals surface area contributed by atoms with Gasteiger partial charge in [0.2, 0.25) is 0 Å². The van der Waals surface area contributed by atoms with Crippen LogP contribution < -0.4 is 4.80 Å². The molecular formula is C20H22N2O2S. The Labute approximate surface area is 151 Å². The van der Waals surface area contributed by atoms with Gasteiger partial charge in [-0.15, -0.1) is 0 Å². The van der Waals surface area contributed by atoms with E-state index in [9.17, 15) is 4.79 Å². The predicted octanol–water partition coefficient (Wildman–Crippen LogP) is 4.02. The molecule has 0 aliphatic carbocycles. The molecule has 3 rings (SSSR count). The number of thiazole rings is 1. The highest BCUT2D eigenvalue weighted by Gasteiger charge is 2.11. The molecule has 0 aliphatic heterocycles. The first-order valence-electron chi connectivity index (χ1n) is 8.25. The zero-order valence-electron chi connectivity index (χ0n) is 15.0. The molecule has 0 bridgehead atoms. The number of aryl methyl sites for hydroxylation is 3. The fourth-order valence-electron chi connectivity index (χ4n) is 2.77. The lowest BCUT2D eigenvalue weighted by Crippen LogP contribution is -2.19. The average Bonchev–Trinajstić information content (AvgIpc) is 2.90. The maximum Gasteiger partial charge on any atom is 0.279 e. The van der Waals surface area contributed by atoms with Crippen molar-refractivity contribution < 1.29 is 9.53 Å². The molecule has 25 heavy (non-hydrogen) atoms. The number of fused-ring (bicyclic) bond motifs is 1. The Morgan fingerprint density at radius 2 is 1.84 bits per heavy atom. The molecule has 0 N–H and O–H groups in total. The van der Waals surface area contributed by atoms with E-state index in [0.717, 1.165) is 15.8 Å². The molecule has 2 aromatic carbocycles. The topological polar surface area (TPSA) is 43.6 Å². The SMILES string of the molecule is COCCn1c(=NC(=O)c2ccccc2C)sc2cc(C)c(C)cc21. The fourth-order valence-corrected chi connectivity index (χ4v) is 3.90. The fraction of sp³-hybridized carbons (Fsp3) is 0.300. The van der Waals surface area contributed by atoms with Crippen molar-refractivity contribution in [2.24, 2.45) is 4.99 Å². The smallest absolute Gasteiger partial charge is 0.279 e. The molecule has 0 radical (unpaired) electrons. The standard InChI is InChI=1S/C20H22N2O2S/c1-13-7-5-6-8-16(13)19(23)21-20-22(9-10-24-4)17-11-14(2)15(3)12-18(17)25-20/h5-8,11-12H,9-10H2,1-4H3. The van der Waals surface area contributed by atoms with E-state index in [4.69, 9.17) is 4.74 Å². The van der Waals surface area contributed by atoms with Crippen LogP contribution in [0, 0.1) is 20.8 Å². The first-order valence-corrected chi connectivity index (χ1v) is 9.07. The van der Waals surface area contributed by atoms with Crippen molar-refractivity contribution in [1.29, 1.82) is 0 Å². The molecule has 1 amide bonds. The maximum atomic E-state index is 12.7. The number of carbonyl (C=O) groups is 1. The van der Waals surface area contributed by atoms with E-state index in [-0.39, 0.29) is 5.91 Å². The molecule has 5 heteroatoms. The molecule has 130 valence electrons. The molecule has 0 aliphatic rings. The summed E-state index contributed by atoms with van der Waals surface area (Å²) in [6, 6.07) is 11.9. The zero-order chi connectivity index (χ0) is 18.0. The molecule has 0 saturated carbocycles. The van der Waals surface area contributed by atoms with Crippen molar-refractivity contribution in [3.05, 3.63) is 63.5 Å². The van der Waals surface area contributed by atoms with Gasteiger partial charge in [-0.1, -0.05) is 29.5 Å². The highest BCUT2D eigenvalue weighted by Crippen LogP contribution is 2.22. The Morgan fingerprint density at radius 3 is 2.56 bits per heavy atom. The van der Waals surface area contributed by atoms with Crippen LogP contribution in [0.25, 0.3) is 10.2 Å². The highest BCUT2D eigenvalue weighted by atomic mass is 32.1. The number of nitrogens with zero attached hydrogens (tertiary/aromatic N) is 2. The molecule has 0 fully saturated rings. The van der Waals surface area contributed by atoms with Gasteiger partial charge in [-0.2, -0.15) is 4.99 Å². The first kappa shape index (κ1) is 17.6. The van der Waals surface area contributed by atoms with Crippen LogP contribution in [-0.4, -0.2) is 24.2 Å². The molecule has 0 unspecified atom stereocenters. The van der Waals surface area contributed by atoms with Crippen LogP contribution in [0.2, 0.25) is 0 Å². The zero-order valence-corrected chi connectivity index (χ0v) is 15.8. The summed E-state index contributed by atoms with van der Waals surface area (Å²) in [6.07, 6.45) is 0. The lowest BCUT2D eigenvalue weighted by Gasteiger charge is -2.06. The van der Waals surface area contributed by atoms with Crippen LogP contribution in [0.5, 0.6) is 0 Å². The van der Waals surface area contributed by atoms with Crippen LogP contribution in [0.3, 0.4) is 0 Å². The molecule has 3 aromatic rings. The van der Waals surface area contributed by atoms with Gasteiger partial charge in [0.05, 0.1) is 16.8 Å². The van der Waals surface area contributed by atoms with Gasteiger partial charge in [0.15, 0.2) is 4.80 Å². The summed E-state index contributed by atoms with van der Waals surface area (Å²) in [5, 5.41) is 0. The number of aromatic nitrogens is 1. The molecule has 0 spiro atoms. The van der Waals surface area contributed by atoms with E-state index >= 15 is 0 Å². The second-order valence-corrected chi connectivity index (χ2v) is 7.17. The minimum absolute atomic E-state index is 0.204. The van der Waals surface area contributed by atoms with Gasteiger partial charge in [0.1, 0.15) is 0 Å². The summed E-state index contributed by atoms with van der Waals surface area (Å²) in [5.41, 5.74) is 5.15. The van der Waals surface area contributed by atoms with E-state index in [2.05, 4.69) is 35.5 Å². The molecule has 1 heterocycles. The predicted molar refractivity (Wildman–Crippen MR) is 102 cm³/mol. The Hall–Kier alpha value is -2.24. The van der Waals surface area contributed by atoms with E-state index in [1.54, 1.807) is 18.4 Å². The highest BCUT2D eigenvalue weighted by molar-refractivity contribution is 7.16. The van der Waals surface area contributed by atoms with Gasteiger partial charge in [0, 0.05) is 19.2 Å². The summed E-state index contributed by atoms with van der Waals surface area (Å²) < 4.78 is 8.45. The Morgan fingerprint density at radius 1 is 1.12 bits per heavy atom. The van der Waals surface area contributed by atoms with Crippen LogP contribution in [0.15, 0.2) is 41.4 Å². The van der Waals surface area contributed by atoms with Crippen molar-refractivity contribution in [2.45, 2.75) is 27.3 Å². The van der Waals surface area contributed by atoms with Gasteiger partial charge in [-0.3, -0.25) is 4.79 Å². The summed E-state index contributed by atoms with van der Waals surface area (Å²) in [7, 11) is 1.68.